The van der Waals surface area contributed by atoms with E-state index in [1.165, 1.54) is 10.4 Å². The maximum atomic E-state index is 12.1. The number of hydrogen-bond donors (Lipinski definition) is 2. The van der Waals surface area contributed by atoms with Gasteiger partial charge in [-0.15, -0.1) is 11.3 Å². The average molecular weight is 319 g/mol. The zero-order valence-electron chi connectivity index (χ0n) is 12.6. The van der Waals surface area contributed by atoms with E-state index in [-0.39, 0.29) is 12.7 Å². The van der Waals surface area contributed by atoms with Gasteiger partial charge in [0.2, 0.25) is 6.79 Å². The van der Waals surface area contributed by atoms with E-state index in [9.17, 15) is 4.79 Å². The van der Waals surface area contributed by atoms with Crippen LogP contribution < -0.4 is 19.7 Å². The Morgan fingerprint density at radius 3 is 2.91 bits per heavy atom. The first-order valence-corrected chi connectivity index (χ1v) is 8.03. The Balaban J connectivity index is 1.55. The summed E-state index contributed by atoms with van der Waals surface area (Å²) in [5.74, 6) is 1.38. The number of benzene rings is 1. The van der Waals surface area contributed by atoms with E-state index in [4.69, 9.17) is 9.47 Å². The maximum absolute atomic E-state index is 12.1. The van der Waals surface area contributed by atoms with E-state index in [1.54, 1.807) is 17.4 Å². The lowest BCUT2D eigenvalue weighted by Crippen LogP contribution is -3.08. The third-order valence-corrected chi connectivity index (χ3v) is 4.57. The van der Waals surface area contributed by atoms with Crippen molar-refractivity contribution in [3.8, 4) is 11.5 Å². The molecule has 1 aromatic heterocycles. The van der Waals surface area contributed by atoms with E-state index in [0.29, 0.717) is 18.0 Å². The van der Waals surface area contributed by atoms with Gasteiger partial charge in [0, 0.05) is 11.8 Å². The number of quaternary nitrogens is 1. The van der Waals surface area contributed by atoms with Crippen molar-refractivity contribution in [1.29, 1.82) is 0 Å². The van der Waals surface area contributed by atoms with Crippen molar-refractivity contribution >= 4 is 22.9 Å². The summed E-state index contributed by atoms with van der Waals surface area (Å²) in [4.78, 5) is 14.6. The molecule has 1 atom stereocenters. The van der Waals surface area contributed by atoms with Crippen LogP contribution in [0.3, 0.4) is 0 Å². The Hall–Kier alpha value is -2.05. The van der Waals surface area contributed by atoms with Crippen molar-refractivity contribution in [3.63, 3.8) is 0 Å². The van der Waals surface area contributed by atoms with Crippen LogP contribution >= 0.6 is 11.3 Å². The minimum absolute atomic E-state index is 0.00873. The zero-order chi connectivity index (χ0) is 15.5. The standard InChI is InChI=1S/C16H18N2O3S/c1-11-5-6-22-15(11)8-18(2)9-16(19)17-12-3-4-13-14(7-12)21-10-20-13/h3-7H,8-10H2,1-2H3,(H,17,19)/p+1. The number of thiophene rings is 1. The van der Waals surface area contributed by atoms with Gasteiger partial charge in [-0.3, -0.25) is 4.79 Å². The molecule has 1 unspecified atom stereocenters. The normalized spacial score (nSPS) is 13.9. The SMILES string of the molecule is Cc1ccsc1C[NH+](C)CC(=O)Nc1ccc2c(c1)OCO2. The Bertz CT molecular complexity index is 684. The van der Waals surface area contributed by atoms with E-state index in [0.717, 1.165) is 17.1 Å². The first-order valence-electron chi connectivity index (χ1n) is 7.15. The molecule has 1 aromatic carbocycles. The van der Waals surface area contributed by atoms with Gasteiger partial charge < -0.3 is 19.7 Å². The number of ether oxygens (including phenoxy) is 2. The van der Waals surface area contributed by atoms with Crippen molar-refractivity contribution in [1.82, 2.24) is 0 Å². The third kappa shape index (κ3) is 3.40. The van der Waals surface area contributed by atoms with Gasteiger partial charge in [-0.2, -0.15) is 0 Å². The zero-order valence-corrected chi connectivity index (χ0v) is 13.5. The Morgan fingerprint density at radius 1 is 1.32 bits per heavy atom. The lowest BCUT2D eigenvalue weighted by Gasteiger charge is -2.13. The predicted octanol–water partition coefficient (Wildman–Crippen LogP) is 1.44. The number of fused-ring (bicyclic) bond motifs is 1. The number of carbonyl (C=O) groups excluding carboxylic acids is 1. The molecular formula is C16H19N2O3S+. The second-order valence-electron chi connectivity index (χ2n) is 5.45. The van der Waals surface area contributed by atoms with Gasteiger partial charge in [-0.1, -0.05) is 0 Å². The summed E-state index contributed by atoms with van der Waals surface area (Å²) in [5.41, 5.74) is 2.02. The number of nitrogens with one attached hydrogen (secondary N) is 2. The summed E-state index contributed by atoms with van der Waals surface area (Å²) in [6, 6.07) is 7.53. The third-order valence-electron chi connectivity index (χ3n) is 3.55. The molecule has 1 aliphatic heterocycles. The molecule has 0 saturated carbocycles. The van der Waals surface area contributed by atoms with Gasteiger partial charge >= 0.3 is 0 Å². The van der Waals surface area contributed by atoms with E-state index in [1.807, 2.05) is 19.2 Å². The fourth-order valence-electron chi connectivity index (χ4n) is 2.38. The second kappa shape index (κ2) is 6.37. The Kier molecular flexibility index (Phi) is 4.31. The van der Waals surface area contributed by atoms with Gasteiger partial charge in [0.1, 0.15) is 6.54 Å². The topological polar surface area (TPSA) is 52.0 Å². The molecule has 0 radical (unpaired) electrons. The molecule has 2 N–H and O–H groups in total. The lowest BCUT2D eigenvalue weighted by atomic mass is 10.2. The molecule has 116 valence electrons. The number of anilines is 1. The van der Waals surface area contributed by atoms with Crippen LogP contribution in [0.4, 0.5) is 5.69 Å². The molecule has 2 heterocycles. The minimum Gasteiger partial charge on any atom is -0.454 e. The highest BCUT2D eigenvalue weighted by molar-refractivity contribution is 7.10. The summed E-state index contributed by atoms with van der Waals surface area (Å²) in [6.07, 6.45) is 0. The summed E-state index contributed by atoms with van der Waals surface area (Å²) >= 11 is 1.74. The molecule has 5 nitrogen and oxygen atoms in total. The second-order valence-corrected chi connectivity index (χ2v) is 6.45. The smallest absolute Gasteiger partial charge is 0.279 e. The number of hydrogen-bond acceptors (Lipinski definition) is 4. The summed E-state index contributed by atoms with van der Waals surface area (Å²) in [7, 11) is 2.03. The first kappa shape index (κ1) is 14.9. The van der Waals surface area contributed by atoms with Crippen LogP contribution in [0.5, 0.6) is 11.5 Å². The molecule has 0 spiro atoms. The van der Waals surface area contributed by atoms with Crippen LogP contribution in [-0.2, 0) is 11.3 Å². The Labute approximate surface area is 133 Å². The van der Waals surface area contributed by atoms with Crippen LogP contribution in [0.1, 0.15) is 10.4 Å². The fraction of sp³-hybridized carbons (Fsp3) is 0.312. The molecule has 0 fully saturated rings. The quantitative estimate of drug-likeness (QED) is 0.877. The summed E-state index contributed by atoms with van der Waals surface area (Å²) in [6.45, 7) is 3.62. The minimum atomic E-state index is -0.00873. The number of likely N-dealkylation sites (N-methyl/N-ethyl adjacent to an activating group) is 1. The van der Waals surface area contributed by atoms with Gasteiger partial charge in [-0.05, 0) is 36.1 Å². The van der Waals surface area contributed by atoms with E-state index in [2.05, 4.69) is 23.7 Å². The molecule has 22 heavy (non-hydrogen) atoms. The van der Waals surface area contributed by atoms with Gasteiger partial charge in [0.05, 0.1) is 11.9 Å². The van der Waals surface area contributed by atoms with Crippen molar-refractivity contribution in [3.05, 3.63) is 40.1 Å². The van der Waals surface area contributed by atoms with Crippen molar-refractivity contribution in [2.75, 3.05) is 25.7 Å². The predicted molar refractivity (Wildman–Crippen MR) is 85.7 cm³/mol. The van der Waals surface area contributed by atoms with Crippen LogP contribution in [-0.4, -0.2) is 26.3 Å². The molecule has 2 aromatic rings. The number of rotatable bonds is 5. The van der Waals surface area contributed by atoms with Crippen LogP contribution in [0.15, 0.2) is 29.6 Å². The fourth-order valence-corrected chi connectivity index (χ4v) is 3.40. The van der Waals surface area contributed by atoms with Crippen LogP contribution in [0.25, 0.3) is 0 Å². The molecule has 1 aliphatic rings. The van der Waals surface area contributed by atoms with Gasteiger partial charge in [0.15, 0.2) is 18.0 Å². The first-order chi connectivity index (χ1) is 10.6. The molecular weight excluding hydrogens is 300 g/mol. The van der Waals surface area contributed by atoms with Crippen molar-refractivity contribution in [2.24, 2.45) is 0 Å². The van der Waals surface area contributed by atoms with Gasteiger partial charge in [-0.25, -0.2) is 0 Å². The lowest BCUT2D eigenvalue weighted by molar-refractivity contribution is -0.884. The monoisotopic (exact) mass is 319 g/mol. The Morgan fingerprint density at radius 2 is 2.14 bits per heavy atom. The van der Waals surface area contributed by atoms with E-state index >= 15 is 0 Å². The average Bonchev–Trinajstić information content (AvgIpc) is 3.07. The highest BCUT2D eigenvalue weighted by Crippen LogP contribution is 2.34. The highest BCUT2D eigenvalue weighted by atomic mass is 32.1. The summed E-state index contributed by atoms with van der Waals surface area (Å²) < 4.78 is 10.6. The van der Waals surface area contributed by atoms with Gasteiger partial charge in [0.25, 0.3) is 5.91 Å². The van der Waals surface area contributed by atoms with Crippen LogP contribution in [0, 0.1) is 6.92 Å². The number of aryl methyl sites for hydroxylation is 1. The molecule has 0 aliphatic carbocycles. The number of amides is 1. The molecule has 1 amide bonds. The summed E-state index contributed by atoms with van der Waals surface area (Å²) in [5, 5.41) is 4.99. The largest absolute Gasteiger partial charge is 0.454 e. The van der Waals surface area contributed by atoms with Crippen molar-refractivity contribution in [2.45, 2.75) is 13.5 Å². The highest BCUT2D eigenvalue weighted by Gasteiger charge is 2.16. The maximum Gasteiger partial charge on any atom is 0.279 e. The van der Waals surface area contributed by atoms with E-state index < -0.39 is 0 Å². The molecule has 6 heteroatoms. The molecule has 0 bridgehead atoms. The number of carbonyl (C=O) groups is 1. The van der Waals surface area contributed by atoms with Crippen molar-refractivity contribution < 1.29 is 19.2 Å². The molecule has 0 saturated heterocycles. The van der Waals surface area contributed by atoms with Crippen LogP contribution in [0.2, 0.25) is 0 Å². The molecule has 3 rings (SSSR count).